The Morgan fingerprint density at radius 2 is 1.82 bits per heavy atom. The van der Waals surface area contributed by atoms with E-state index in [9.17, 15) is 8.42 Å². The fraction of sp³-hybridized carbons (Fsp3) is 0.393. The summed E-state index contributed by atoms with van der Waals surface area (Å²) in [6.07, 6.45) is 6.39. The number of morpholine rings is 1. The van der Waals surface area contributed by atoms with E-state index in [1.54, 1.807) is 15.6 Å². The van der Waals surface area contributed by atoms with Crippen molar-refractivity contribution in [3.05, 3.63) is 58.7 Å². The van der Waals surface area contributed by atoms with Gasteiger partial charge in [-0.1, -0.05) is 30.4 Å². The maximum atomic E-state index is 11.9. The summed E-state index contributed by atoms with van der Waals surface area (Å²) >= 11 is 1.74. The predicted molar refractivity (Wildman–Crippen MR) is 156 cm³/mol. The maximum absolute atomic E-state index is 11.9. The second kappa shape index (κ2) is 9.90. The molecule has 0 amide bonds. The molecule has 3 aliphatic heterocycles. The molecule has 1 aliphatic carbocycles. The molecule has 2 saturated heterocycles. The van der Waals surface area contributed by atoms with E-state index < -0.39 is 10.0 Å². The number of hydrogen-bond donors (Lipinski definition) is 0. The Morgan fingerprint density at radius 1 is 1.03 bits per heavy atom. The van der Waals surface area contributed by atoms with Crippen LogP contribution in [0.4, 0.5) is 11.5 Å². The van der Waals surface area contributed by atoms with E-state index in [2.05, 4.69) is 46.2 Å². The van der Waals surface area contributed by atoms with Crippen molar-refractivity contribution in [1.82, 2.24) is 19.2 Å². The molecule has 11 heteroatoms. The average Bonchev–Trinajstić information content (AvgIpc) is 3.53. The Labute approximate surface area is 232 Å². The third-order valence-corrected chi connectivity index (χ3v) is 10.1. The Hall–Kier alpha value is -2.96. The number of thiophene rings is 1. The van der Waals surface area contributed by atoms with E-state index in [-0.39, 0.29) is 0 Å². The van der Waals surface area contributed by atoms with Crippen LogP contribution < -0.4 is 4.90 Å². The van der Waals surface area contributed by atoms with Gasteiger partial charge in [0.25, 0.3) is 0 Å². The molecule has 4 aliphatic rings. The zero-order valence-electron chi connectivity index (χ0n) is 21.8. The van der Waals surface area contributed by atoms with E-state index in [0.29, 0.717) is 26.3 Å². The van der Waals surface area contributed by atoms with Crippen LogP contribution in [-0.2, 0) is 21.3 Å². The van der Waals surface area contributed by atoms with Crippen molar-refractivity contribution in [2.75, 3.05) is 63.6 Å². The summed E-state index contributed by atoms with van der Waals surface area (Å²) in [5.74, 6) is 1.69. The SMILES string of the molecule is CS(=O)(=O)N1CCN(Cc2cc3nc(C4=C5C(=Nc6ccccc65)CC=C4)nc(N4CCOCC4)c3s2)CC1. The van der Waals surface area contributed by atoms with Gasteiger partial charge in [0.2, 0.25) is 10.0 Å². The lowest BCUT2D eigenvalue weighted by molar-refractivity contribution is 0.122. The molecule has 202 valence electrons. The average molecular weight is 563 g/mol. The number of aromatic nitrogens is 2. The molecule has 7 rings (SSSR count). The number of aliphatic imine (C=N–C) groups is 1. The molecule has 0 bridgehead atoms. The minimum Gasteiger partial charge on any atom is -0.378 e. The van der Waals surface area contributed by atoms with Crippen molar-refractivity contribution in [2.24, 2.45) is 4.99 Å². The van der Waals surface area contributed by atoms with Gasteiger partial charge in [-0.2, -0.15) is 4.31 Å². The number of rotatable bonds is 5. The van der Waals surface area contributed by atoms with Crippen LogP contribution >= 0.6 is 11.3 Å². The fourth-order valence-corrected chi connectivity index (χ4v) is 7.72. The highest BCUT2D eigenvalue weighted by Gasteiger charge is 2.29. The lowest BCUT2D eigenvalue weighted by Gasteiger charge is -2.32. The molecule has 0 spiro atoms. The van der Waals surface area contributed by atoms with Crippen molar-refractivity contribution < 1.29 is 13.2 Å². The van der Waals surface area contributed by atoms with Gasteiger partial charge < -0.3 is 9.64 Å². The first-order valence-corrected chi connectivity index (χ1v) is 16.0. The number of hydrogen-bond acceptors (Lipinski definition) is 9. The second-order valence-electron chi connectivity index (χ2n) is 10.3. The number of ether oxygens (including phenoxy) is 1. The number of sulfonamides is 1. The van der Waals surface area contributed by atoms with Gasteiger partial charge in [0.15, 0.2) is 11.6 Å². The molecule has 0 unspecified atom stereocenters. The topological polar surface area (TPSA) is 91.2 Å². The molecule has 0 radical (unpaired) electrons. The van der Waals surface area contributed by atoms with Gasteiger partial charge in [0, 0.05) is 73.8 Å². The lowest BCUT2D eigenvalue weighted by Crippen LogP contribution is -2.47. The van der Waals surface area contributed by atoms with E-state index in [0.717, 1.165) is 89.1 Å². The molecular formula is C28H30N6O3S2. The molecule has 5 heterocycles. The van der Waals surface area contributed by atoms with Gasteiger partial charge in [-0.3, -0.25) is 9.89 Å². The number of benzene rings is 1. The molecule has 2 fully saturated rings. The molecule has 0 saturated carbocycles. The van der Waals surface area contributed by atoms with E-state index >= 15 is 0 Å². The summed E-state index contributed by atoms with van der Waals surface area (Å²) in [5, 5.41) is 0. The summed E-state index contributed by atoms with van der Waals surface area (Å²) in [5.41, 5.74) is 6.33. The number of piperazine rings is 1. The molecule has 1 aromatic carbocycles. The van der Waals surface area contributed by atoms with Crippen LogP contribution in [0.15, 0.2) is 47.5 Å². The highest BCUT2D eigenvalue weighted by Crippen LogP contribution is 2.43. The second-order valence-corrected chi connectivity index (χ2v) is 13.4. The first-order valence-electron chi connectivity index (χ1n) is 13.3. The Morgan fingerprint density at radius 3 is 2.62 bits per heavy atom. The number of para-hydroxylation sites is 1. The summed E-state index contributed by atoms with van der Waals surface area (Å²) in [6, 6.07) is 10.5. The molecular weight excluding hydrogens is 532 g/mol. The highest BCUT2D eigenvalue weighted by atomic mass is 32.2. The van der Waals surface area contributed by atoms with E-state index in [1.807, 2.05) is 6.07 Å². The third kappa shape index (κ3) is 4.72. The van der Waals surface area contributed by atoms with Gasteiger partial charge in [-0.15, -0.1) is 11.3 Å². The molecule has 3 aromatic rings. The summed E-state index contributed by atoms with van der Waals surface area (Å²) in [6.45, 7) is 6.22. The maximum Gasteiger partial charge on any atom is 0.211 e. The van der Waals surface area contributed by atoms with Crippen LogP contribution in [0, 0.1) is 0 Å². The van der Waals surface area contributed by atoms with Crippen molar-refractivity contribution in [3.63, 3.8) is 0 Å². The van der Waals surface area contributed by atoms with Crippen LogP contribution in [0.25, 0.3) is 21.4 Å². The predicted octanol–water partition coefficient (Wildman–Crippen LogP) is 3.56. The quantitative estimate of drug-likeness (QED) is 0.470. The number of allylic oxidation sites excluding steroid dienone is 4. The standard InChI is InChI=1S/C28H30N6O3S2/c1-39(35,36)34-11-9-32(10-12-34)18-19-17-24-26(38-19)28(33-13-15-37-16-14-33)31-27(30-24)21-6-4-8-23-25(21)20-5-2-3-7-22(20)29-23/h2-7,17H,8-16,18H2,1H3. The normalized spacial score (nSPS) is 20.4. The van der Waals surface area contributed by atoms with Crippen LogP contribution in [0.5, 0.6) is 0 Å². The Bertz CT molecular complexity index is 1640. The molecule has 9 nitrogen and oxygen atoms in total. The van der Waals surface area contributed by atoms with Crippen molar-refractivity contribution in [1.29, 1.82) is 0 Å². The highest BCUT2D eigenvalue weighted by molar-refractivity contribution is 7.88. The number of nitrogens with zero attached hydrogens (tertiary/aromatic N) is 6. The fourth-order valence-electron chi connectivity index (χ4n) is 5.74. The van der Waals surface area contributed by atoms with Gasteiger partial charge >= 0.3 is 0 Å². The van der Waals surface area contributed by atoms with E-state index in [1.165, 1.54) is 11.1 Å². The monoisotopic (exact) mass is 562 g/mol. The molecule has 0 N–H and O–H groups in total. The van der Waals surface area contributed by atoms with E-state index in [4.69, 9.17) is 19.7 Å². The number of anilines is 1. The van der Waals surface area contributed by atoms with Crippen molar-refractivity contribution in [2.45, 2.75) is 13.0 Å². The third-order valence-electron chi connectivity index (χ3n) is 7.72. The Kier molecular flexibility index (Phi) is 6.36. The summed E-state index contributed by atoms with van der Waals surface area (Å²) < 4.78 is 32.1. The van der Waals surface area contributed by atoms with Crippen LogP contribution in [0.2, 0.25) is 0 Å². The summed E-state index contributed by atoms with van der Waals surface area (Å²) in [7, 11) is -3.14. The summed E-state index contributed by atoms with van der Waals surface area (Å²) in [4.78, 5) is 21.1. The zero-order chi connectivity index (χ0) is 26.6. The number of fused-ring (bicyclic) bond motifs is 4. The minimum atomic E-state index is -3.14. The first kappa shape index (κ1) is 25.0. The van der Waals surface area contributed by atoms with Crippen molar-refractivity contribution >= 4 is 59.9 Å². The largest absolute Gasteiger partial charge is 0.378 e. The van der Waals surface area contributed by atoms with Crippen LogP contribution in [0.1, 0.15) is 22.7 Å². The lowest BCUT2D eigenvalue weighted by atomic mass is 9.91. The molecule has 39 heavy (non-hydrogen) atoms. The van der Waals surface area contributed by atoms with Gasteiger partial charge in [-0.25, -0.2) is 18.4 Å². The van der Waals surface area contributed by atoms with Crippen LogP contribution in [-0.4, -0.2) is 92.0 Å². The van der Waals surface area contributed by atoms with Gasteiger partial charge in [-0.05, 0) is 12.1 Å². The smallest absolute Gasteiger partial charge is 0.211 e. The molecule has 0 atom stereocenters. The van der Waals surface area contributed by atoms with Gasteiger partial charge in [0.1, 0.15) is 0 Å². The van der Waals surface area contributed by atoms with Gasteiger partial charge in [0.05, 0.1) is 41.1 Å². The first-order chi connectivity index (χ1) is 18.9. The Balaban J connectivity index is 1.27. The minimum absolute atomic E-state index is 0.529. The zero-order valence-corrected chi connectivity index (χ0v) is 23.5. The van der Waals surface area contributed by atoms with Crippen LogP contribution in [0.3, 0.4) is 0 Å². The van der Waals surface area contributed by atoms with Crippen molar-refractivity contribution in [3.8, 4) is 0 Å². The molecule has 2 aromatic heterocycles.